The number of carbonyl (C=O) groups excluding carboxylic acids is 3. The summed E-state index contributed by atoms with van der Waals surface area (Å²) in [5, 5.41) is 0. The van der Waals surface area contributed by atoms with Crippen molar-refractivity contribution in [3.63, 3.8) is 0 Å². The number of urea groups is 1. The molecule has 0 spiro atoms. The Morgan fingerprint density at radius 1 is 0.966 bits per heavy atom. The second-order valence-electron chi connectivity index (χ2n) is 8.21. The fourth-order valence-corrected chi connectivity index (χ4v) is 4.09. The molecule has 2 aliphatic heterocycles. The molecule has 6 heteroatoms. The fourth-order valence-electron chi connectivity index (χ4n) is 4.09. The second kappa shape index (κ2) is 6.72. The lowest BCUT2D eigenvalue weighted by Crippen LogP contribution is -2.43. The van der Waals surface area contributed by atoms with E-state index in [1.54, 1.807) is 23.6 Å². The number of imide groups is 1. The Morgan fingerprint density at radius 3 is 2.24 bits per heavy atom. The van der Waals surface area contributed by atoms with E-state index in [0.717, 1.165) is 27.8 Å². The van der Waals surface area contributed by atoms with Gasteiger partial charge in [-0.05, 0) is 55.2 Å². The van der Waals surface area contributed by atoms with Crippen molar-refractivity contribution in [1.82, 2.24) is 14.7 Å². The molecule has 1 fully saturated rings. The molecule has 2 aromatic rings. The molecule has 0 atom stereocenters. The molecule has 0 radical (unpaired) electrons. The molecule has 0 aromatic heterocycles. The highest BCUT2D eigenvalue weighted by Crippen LogP contribution is 2.31. The second-order valence-corrected chi connectivity index (χ2v) is 8.21. The fraction of sp³-hybridized carbons (Fsp3) is 0.348. The molecule has 0 aliphatic carbocycles. The van der Waals surface area contributed by atoms with E-state index in [2.05, 4.69) is 6.07 Å². The van der Waals surface area contributed by atoms with Gasteiger partial charge in [0, 0.05) is 32.2 Å². The molecule has 4 amide bonds. The topological polar surface area (TPSA) is 60.9 Å². The van der Waals surface area contributed by atoms with Crippen molar-refractivity contribution in [3.05, 3.63) is 59.2 Å². The molecular weight excluding hydrogens is 366 g/mol. The van der Waals surface area contributed by atoms with Crippen molar-refractivity contribution in [3.8, 4) is 11.1 Å². The number of hydrogen-bond donors (Lipinski definition) is 0. The van der Waals surface area contributed by atoms with Gasteiger partial charge in [0.1, 0.15) is 5.54 Å². The van der Waals surface area contributed by atoms with Crippen molar-refractivity contribution in [2.24, 2.45) is 0 Å². The quantitative estimate of drug-likeness (QED) is 0.750. The maximum Gasteiger partial charge on any atom is 0.327 e. The Hall–Kier alpha value is -3.15. The molecule has 0 N–H and O–H groups in total. The number of rotatable bonds is 4. The number of nitrogens with zero attached hydrogens (tertiary/aromatic N) is 3. The maximum absolute atomic E-state index is 12.6. The number of fused-ring (bicyclic) bond motifs is 1. The summed E-state index contributed by atoms with van der Waals surface area (Å²) in [6, 6.07) is 13.7. The number of likely N-dealkylation sites (N-methyl/N-ethyl adjacent to an activating group) is 1. The zero-order valence-corrected chi connectivity index (χ0v) is 17.2. The zero-order valence-electron chi connectivity index (χ0n) is 17.2. The molecule has 29 heavy (non-hydrogen) atoms. The van der Waals surface area contributed by atoms with Gasteiger partial charge in [0.2, 0.25) is 0 Å². The Kier molecular flexibility index (Phi) is 4.45. The van der Waals surface area contributed by atoms with E-state index in [0.29, 0.717) is 19.6 Å². The normalized spacial score (nSPS) is 18.1. The molecule has 0 bridgehead atoms. The predicted molar refractivity (Wildman–Crippen MR) is 110 cm³/mol. The summed E-state index contributed by atoms with van der Waals surface area (Å²) < 4.78 is 0. The molecule has 0 unspecified atom stereocenters. The van der Waals surface area contributed by atoms with Crippen LogP contribution in [-0.2, 0) is 17.9 Å². The van der Waals surface area contributed by atoms with E-state index in [1.165, 1.54) is 4.90 Å². The third kappa shape index (κ3) is 2.99. The van der Waals surface area contributed by atoms with Gasteiger partial charge in [0.15, 0.2) is 0 Å². The summed E-state index contributed by atoms with van der Waals surface area (Å²) in [4.78, 5) is 41.8. The highest BCUT2D eigenvalue weighted by molar-refractivity contribution is 6.06. The number of benzene rings is 2. The minimum absolute atomic E-state index is 0.0652. The first-order valence-electron chi connectivity index (χ1n) is 9.85. The summed E-state index contributed by atoms with van der Waals surface area (Å²) in [5.41, 5.74) is 4.05. The van der Waals surface area contributed by atoms with E-state index < -0.39 is 5.54 Å². The van der Waals surface area contributed by atoms with Gasteiger partial charge in [-0.25, -0.2) is 4.79 Å². The molecule has 150 valence electrons. The summed E-state index contributed by atoms with van der Waals surface area (Å²) in [7, 11) is 1.81. The van der Waals surface area contributed by atoms with Gasteiger partial charge in [0.25, 0.3) is 11.8 Å². The minimum Gasteiger partial charge on any atom is -0.337 e. The third-order valence-electron chi connectivity index (χ3n) is 5.94. The number of hydrogen-bond acceptors (Lipinski definition) is 3. The molecule has 4 rings (SSSR count). The number of amides is 4. The van der Waals surface area contributed by atoms with Crippen LogP contribution in [0.15, 0.2) is 42.5 Å². The Bertz CT molecular complexity index is 1010. The molecule has 0 saturated carbocycles. The molecule has 2 aliphatic rings. The molecule has 2 heterocycles. The van der Waals surface area contributed by atoms with Crippen molar-refractivity contribution in [2.45, 2.75) is 39.4 Å². The summed E-state index contributed by atoms with van der Waals surface area (Å²) in [6.07, 6.45) is 0. The lowest BCUT2D eigenvalue weighted by molar-refractivity contribution is -0.131. The standard InChI is InChI=1S/C23H25N3O3/c1-5-25-21(28)23(2,3)26(22(25)29)13-15-6-8-16(9-7-15)17-10-11-19-18(12-17)14-24(4)20(19)27/h6-12H,5,13-14H2,1-4H3. The SMILES string of the molecule is CCN1C(=O)N(Cc2ccc(-c3ccc4c(c3)CN(C)C4=O)cc2)C(C)(C)C1=O. The Balaban J connectivity index is 1.55. The largest absolute Gasteiger partial charge is 0.337 e. The van der Waals surface area contributed by atoms with Gasteiger partial charge in [-0.3, -0.25) is 14.5 Å². The lowest BCUT2D eigenvalue weighted by atomic mass is 9.99. The molecule has 1 saturated heterocycles. The highest BCUT2D eigenvalue weighted by Gasteiger charge is 2.50. The van der Waals surface area contributed by atoms with E-state index in [9.17, 15) is 14.4 Å². The predicted octanol–water partition coefficient (Wildman–Crippen LogP) is 3.50. The van der Waals surface area contributed by atoms with E-state index in [4.69, 9.17) is 0 Å². The lowest BCUT2D eigenvalue weighted by Gasteiger charge is -2.27. The van der Waals surface area contributed by atoms with Gasteiger partial charge in [-0.15, -0.1) is 0 Å². The van der Waals surface area contributed by atoms with Crippen LogP contribution in [0, 0.1) is 0 Å². The third-order valence-corrected chi connectivity index (χ3v) is 5.94. The van der Waals surface area contributed by atoms with Gasteiger partial charge in [-0.1, -0.05) is 30.3 Å². The monoisotopic (exact) mass is 391 g/mol. The van der Waals surface area contributed by atoms with E-state index in [1.807, 2.05) is 50.4 Å². The average molecular weight is 391 g/mol. The van der Waals surface area contributed by atoms with Crippen LogP contribution < -0.4 is 0 Å². The zero-order chi connectivity index (χ0) is 20.9. The minimum atomic E-state index is -0.843. The molecular formula is C23H25N3O3. The summed E-state index contributed by atoms with van der Waals surface area (Å²) in [5.74, 6) is -0.0882. The van der Waals surface area contributed by atoms with Crippen LogP contribution in [0.25, 0.3) is 11.1 Å². The van der Waals surface area contributed by atoms with Crippen LogP contribution in [0.3, 0.4) is 0 Å². The van der Waals surface area contributed by atoms with Crippen molar-refractivity contribution < 1.29 is 14.4 Å². The van der Waals surface area contributed by atoms with Crippen LogP contribution in [-0.4, -0.2) is 51.7 Å². The van der Waals surface area contributed by atoms with Gasteiger partial charge >= 0.3 is 6.03 Å². The first kappa shape index (κ1) is 19.2. The van der Waals surface area contributed by atoms with Crippen molar-refractivity contribution >= 4 is 17.8 Å². The summed E-state index contributed by atoms with van der Waals surface area (Å²) in [6.45, 7) is 6.80. The number of carbonyl (C=O) groups is 3. The average Bonchev–Trinajstić information content (AvgIpc) is 3.07. The highest BCUT2D eigenvalue weighted by atomic mass is 16.2. The van der Waals surface area contributed by atoms with E-state index >= 15 is 0 Å². The van der Waals surface area contributed by atoms with Crippen LogP contribution >= 0.6 is 0 Å². The Labute approximate surface area is 170 Å². The van der Waals surface area contributed by atoms with Crippen molar-refractivity contribution in [1.29, 1.82) is 0 Å². The van der Waals surface area contributed by atoms with Crippen molar-refractivity contribution in [2.75, 3.05) is 13.6 Å². The van der Waals surface area contributed by atoms with E-state index in [-0.39, 0.29) is 17.8 Å². The van der Waals surface area contributed by atoms with Crippen LogP contribution in [0.2, 0.25) is 0 Å². The maximum atomic E-state index is 12.6. The van der Waals surface area contributed by atoms with Crippen LogP contribution in [0.4, 0.5) is 4.79 Å². The molecule has 6 nitrogen and oxygen atoms in total. The molecule has 2 aromatic carbocycles. The van der Waals surface area contributed by atoms with Crippen LogP contribution in [0.5, 0.6) is 0 Å². The van der Waals surface area contributed by atoms with Gasteiger partial charge in [0.05, 0.1) is 0 Å². The van der Waals surface area contributed by atoms with Gasteiger partial charge in [-0.2, -0.15) is 0 Å². The van der Waals surface area contributed by atoms with Gasteiger partial charge < -0.3 is 9.80 Å². The smallest absolute Gasteiger partial charge is 0.327 e. The Morgan fingerprint density at radius 2 is 1.62 bits per heavy atom. The summed E-state index contributed by atoms with van der Waals surface area (Å²) >= 11 is 0. The first-order valence-corrected chi connectivity index (χ1v) is 9.85. The first-order chi connectivity index (χ1) is 13.7. The van der Waals surface area contributed by atoms with Crippen LogP contribution in [0.1, 0.15) is 42.3 Å².